The fraction of sp³-hybridized carbons (Fsp3) is 0.278. The topological polar surface area (TPSA) is 53.6 Å². The predicted molar refractivity (Wildman–Crippen MR) is 110 cm³/mol. The van der Waals surface area contributed by atoms with Crippen LogP contribution in [-0.4, -0.2) is 31.5 Å². The minimum Gasteiger partial charge on any atom is -0.370 e. The number of halogens is 1. The number of likely N-dealkylation sites (N-methyl/N-ethyl adjacent to an activating group) is 1. The molecule has 124 valence electrons. The van der Waals surface area contributed by atoms with E-state index in [0.717, 1.165) is 5.69 Å². The molecule has 3 N–H and O–H groups in total. The number of aryl methyl sites for hydroxylation is 1. The van der Waals surface area contributed by atoms with E-state index in [1.54, 1.807) is 0 Å². The Morgan fingerprint density at radius 2 is 1.83 bits per heavy atom. The van der Waals surface area contributed by atoms with Gasteiger partial charge in [0.05, 0.1) is 12.6 Å². The summed E-state index contributed by atoms with van der Waals surface area (Å²) in [6.45, 7) is 2.66. The summed E-state index contributed by atoms with van der Waals surface area (Å²) < 4.78 is 0. The standard InChI is InChI=1S/C18H24N4.HI/c1-14-8-7-11-16(12-14)21-18(19)20-13-17(22(2)3)15-9-5-4-6-10-15;/h4-12,17H,13H2,1-3H3,(H3,19,20,21);1H. The quantitative estimate of drug-likeness (QED) is 0.438. The van der Waals surface area contributed by atoms with Gasteiger partial charge in [0.15, 0.2) is 5.96 Å². The third-order valence-corrected chi connectivity index (χ3v) is 3.53. The molecule has 0 radical (unpaired) electrons. The molecule has 0 aliphatic heterocycles. The zero-order valence-corrected chi connectivity index (χ0v) is 16.2. The Balaban J connectivity index is 0.00000264. The second-order valence-electron chi connectivity index (χ2n) is 5.61. The van der Waals surface area contributed by atoms with Gasteiger partial charge in [-0.25, -0.2) is 0 Å². The van der Waals surface area contributed by atoms with E-state index in [-0.39, 0.29) is 30.0 Å². The Bertz CT molecular complexity index is 626. The lowest BCUT2D eigenvalue weighted by Crippen LogP contribution is -2.27. The lowest BCUT2D eigenvalue weighted by atomic mass is 10.1. The highest BCUT2D eigenvalue weighted by Crippen LogP contribution is 2.18. The molecular formula is C18H25IN4. The first-order valence-electron chi connectivity index (χ1n) is 7.41. The zero-order chi connectivity index (χ0) is 15.9. The van der Waals surface area contributed by atoms with Crippen molar-refractivity contribution in [1.29, 1.82) is 0 Å². The molecule has 1 atom stereocenters. The molecular weight excluding hydrogens is 399 g/mol. The summed E-state index contributed by atoms with van der Waals surface area (Å²) in [4.78, 5) is 6.64. The number of nitrogens with one attached hydrogen (secondary N) is 1. The van der Waals surface area contributed by atoms with Gasteiger partial charge in [-0.05, 0) is 44.3 Å². The highest BCUT2D eigenvalue weighted by molar-refractivity contribution is 14.0. The maximum Gasteiger partial charge on any atom is 0.193 e. The van der Waals surface area contributed by atoms with Crippen LogP contribution in [0.3, 0.4) is 0 Å². The van der Waals surface area contributed by atoms with Crippen LogP contribution in [0.2, 0.25) is 0 Å². The number of anilines is 1. The Morgan fingerprint density at radius 1 is 1.13 bits per heavy atom. The molecule has 2 rings (SSSR count). The summed E-state index contributed by atoms with van der Waals surface area (Å²) in [6.07, 6.45) is 0. The van der Waals surface area contributed by atoms with E-state index in [9.17, 15) is 0 Å². The van der Waals surface area contributed by atoms with Crippen molar-refractivity contribution in [2.24, 2.45) is 10.7 Å². The number of hydrogen-bond donors (Lipinski definition) is 2. The van der Waals surface area contributed by atoms with Crippen molar-refractivity contribution in [2.45, 2.75) is 13.0 Å². The molecule has 0 saturated heterocycles. The molecule has 0 aromatic heterocycles. The van der Waals surface area contributed by atoms with E-state index in [1.807, 2.05) is 36.4 Å². The summed E-state index contributed by atoms with van der Waals surface area (Å²) in [5.74, 6) is 0.438. The van der Waals surface area contributed by atoms with Gasteiger partial charge in [0.2, 0.25) is 0 Å². The number of hydrogen-bond acceptors (Lipinski definition) is 2. The molecule has 1 unspecified atom stereocenters. The minimum atomic E-state index is 0. The Kier molecular flexibility index (Phi) is 8.05. The first-order valence-corrected chi connectivity index (χ1v) is 7.41. The molecule has 0 aliphatic carbocycles. The summed E-state index contributed by atoms with van der Waals surface area (Å²) in [5, 5.41) is 3.14. The van der Waals surface area contributed by atoms with Gasteiger partial charge in [0, 0.05) is 5.69 Å². The molecule has 2 aromatic carbocycles. The van der Waals surface area contributed by atoms with E-state index in [1.165, 1.54) is 11.1 Å². The first-order chi connectivity index (χ1) is 10.6. The average molecular weight is 424 g/mol. The largest absolute Gasteiger partial charge is 0.370 e. The van der Waals surface area contributed by atoms with Crippen LogP contribution >= 0.6 is 24.0 Å². The van der Waals surface area contributed by atoms with Gasteiger partial charge < -0.3 is 16.0 Å². The zero-order valence-electron chi connectivity index (χ0n) is 13.9. The second-order valence-corrected chi connectivity index (χ2v) is 5.61. The van der Waals surface area contributed by atoms with Gasteiger partial charge in [0.25, 0.3) is 0 Å². The Labute approximate surface area is 155 Å². The molecule has 2 aromatic rings. The summed E-state index contributed by atoms with van der Waals surface area (Å²) >= 11 is 0. The van der Waals surface area contributed by atoms with Crippen molar-refractivity contribution in [3.05, 3.63) is 65.7 Å². The van der Waals surface area contributed by atoms with E-state index in [0.29, 0.717) is 12.5 Å². The number of aliphatic imine (C=N–C) groups is 1. The second kappa shape index (κ2) is 9.52. The van der Waals surface area contributed by atoms with Gasteiger partial charge >= 0.3 is 0 Å². The van der Waals surface area contributed by atoms with Crippen molar-refractivity contribution in [1.82, 2.24) is 4.90 Å². The van der Waals surface area contributed by atoms with Gasteiger partial charge in [-0.15, -0.1) is 24.0 Å². The van der Waals surface area contributed by atoms with Crippen LogP contribution in [0.25, 0.3) is 0 Å². The highest BCUT2D eigenvalue weighted by atomic mass is 127. The van der Waals surface area contributed by atoms with E-state index >= 15 is 0 Å². The van der Waals surface area contributed by atoms with E-state index < -0.39 is 0 Å². The minimum absolute atomic E-state index is 0. The summed E-state index contributed by atoms with van der Waals surface area (Å²) in [5.41, 5.74) is 9.39. The first kappa shape index (κ1) is 19.4. The molecule has 0 bridgehead atoms. The fourth-order valence-corrected chi connectivity index (χ4v) is 2.34. The molecule has 0 spiro atoms. The van der Waals surface area contributed by atoms with Crippen molar-refractivity contribution >= 4 is 35.6 Å². The number of nitrogens with zero attached hydrogens (tertiary/aromatic N) is 2. The lowest BCUT2D eigenvalue weighted by Gasteiger charge is -2.23. The number of nitrogens with two attached hydrogens (primary N) is 1. The van der Waals surface area contributed by atoms with Crippen LogP contribution in [0.15, 0.2) is 59.6 Å². The van der Waals surface area contributed by atoms with Gasteiger partial charge in [-0.3, -0.25) is 4.99 Å². The number of benzene rings is 2. The van der Waals surface area contributed by atoms with Crippen molar-refractivity contribution in [2.75, 3.05) is 26.0 Å². The molecule has 0 aliphatic rings. The van der Waals surface area contributed by atoms with Crippen molar-refractivity contribution in [3.63, 3.8) is 0 Å². The van der Waals surface area contributed by atoms with Crippen LogP contribution in [-0.2, 0) is 0 Å². The average Bonchev–Trinajstić information content (AvgIpc) is 2.48. The van der Waals surface area contributed by atoms with Crippen LogP contribution < -0.4 is 11.1 Å². The number of rotatable bonds is 5. The summed E-state index contributed by atoms with van der Waals surface area (Å²) in [7, 11) is 4.11. The SMILES string of the molecule is Cc1cccc(NC(N)=NCC(c2ccccc2)N(C)C)c1.I. The van der Waals surface area contributed by atoms with Crippen LogP contribution in [0.1, 0.15) is 17.2 Å². The highest BCUT2D eigenvalue weighted by Gasteiger charge is 2.13. The Hall–Kier alpha value is -1.60. The number of guanidine groups is 1. The van der Waals surface area contributed by atoms with Crippen molar-refractivity contribution in [3.8, 4) is 0 Å². The molecule has 4 nitrogen and oxygen atoms in total. The van der Waals surface area contributed by atoms with Gasteiger partial charge in [0.1, 0.15) is 0 Å². The van der Waals surface area contributed by atoms with Gasteiger partial charge in [-0.2, -0.15) is 0 Å². The molecule has 0 heterocycles. The molecule has 5 heteroatoms. The van der Waals surface area contributed by atoms with E-state index in [4.69, 9.17) is 5.73 Å². The lowest BCUT2D eigenvalue weighted by molar-refractivity contribution is 0.306. The van der Waals surface area contributed by atoms with Gasteiger partial charge in [-0.1, -0.05) is 42.5 Å². The predicted octanol–water partition coefficient (Wildman–Crippen LogP) is 3.64. The van der Waals surface area contributed by atoms with Crippen LogP contribution in [0, 0.1) is 6.92 Å². The van der Waals surface area contributed by atoms with Crippen LogP contribution in [0.5, 0.6) is 0 Å². The maximum absolute atomic E-state index is 6.00. The normalized spacial score (nSPS) is 12.6. The van der Waals surface area contributed by atoms with Crippen LogP contribution in [0.4, 0.5) is 5.69 Å². The molecule has 23 heavy (non-hydrogen) atoms. The molecule has 0 amide bonds. The maximum atomic E-state index is 6.00. The Morgan fingerprint density at radius 3 is 2.43 bits per heavy atom. The van der Waals surface area contributed by atoms with Crippen molar-refractivity contribution < 1.29 is 0 Å². The molecule has 0 fully saturated rings. The molecule has 0 saturated carbocycles. The van der Waals surface area contributed by atoms with E-state index in [2.05, 4.69) is 54.4 Å². The fourth-order valence-electron chi connectivity index (χ4n) is 2.34. The monoisotopic (exact) mass is 424 g/mol. The third kappa shape index (κ3) is 6.19. The smallest absolute Gasteiger partial charge is 0.193 e. The summed E-state index contributed by atoms with van der Waals surface area (Å²) in [6, 6.07) is 18.6. The third-order valence-electron chi connectivity index (χ3n) is 3.53.